The molecule has 0 saturated heterocycles. The number of nitrogens with two attached hydrogens (primary N) is 1. The number of aryl methyl sites for hydroxylation is 1. The predicted molar refractivity (Wildman–Crippen MR) is 97.0 cm³/mol. The quantitative estimate of drug-likeness (QED) is 0.744. The summed E-state index contributed by atoms with van der Waals surface area (Å²) in [6, 6.07) is 13.1. The van der Waals surface area contributed by atoms with Crippen molar-refractivity contribution in [1.82, 2.24) is 9.78 Å². The lowest BCUT2D eigenvalue weighted by Crippen LogP contribution is -2.13. The van der Waals surface area contributed by atoms with E-state index in [-0.39, 0.29) is 5.69 Å². The van der Waals surface area contributed by atoms with Crippen LogP contribution < -0.4 is 5.73 Å². The molecule has 1 heterocycles. The highest BCUT2D eigenvalue weighted by molar-refractivity contribution is 6.35. The van der Waals surface area contributed by atoms with Gasteiger partial charge in [0, 0.05) is 16.1 Å². The van der Waals surface area contributed by atoms with E-state index in [2.05, 4.69) is 5.10 Å². The van der Waals surface area contributed by atoms with Crippen LogP contribution in [0.2, 0.25) is 10.0 Å². The van der Waals surface area contributed by atoms with Crippen LogP contribution in [0.5, 0.6) is 0 Å². The molecule has 0 fully saturated rings. The average molecular weight is 360 g/mol. The zero-order valence-electron chi connectivity index (χ0n) is 13.2. The summed E-state index contributed by atoms with van der Waals surface area (Å²) in [5.41, 5.74) is 9.86. The topological polar surface area (TPSA) is 60.9 Å². The summed E-state index contributed by atoms with van der Waals surface area (Å²) in [6.07, 6.45) is 0. The molecular formula is C18H15Cl2N3O. The molecule has 1 amide bonds. The Morgan fingerprint density at radius 2 is 1.75 bits per heavy atom. The Bertz CT molecular complexity index is 930. The number of halogens is 2. The van der Waals surface area contributed by atoms with Crippen LogP contribution in [0.1, 0.15) is 21.6 Å². The van der Waals surface area contributed by atoms with Gasteiger partial charge in [-0.2, -0.15) is 5.10 Å². The zero-order valence-corrected chi connectivity index (χ0v) is 14.7. The number of carbonyl (C=O) groups excluding carboxylic acids is 1. The number of nitrogens with zero attached hydrogens (tertiary/aromatic N) is 2. The van der Waals surface area contributed by atoms with Gasteiger partial charge >= 0.3 is 0 Å². The maximum Gasteiger partial charge on any atom is 0.269 e. The van der Waals surface area contributed by atoms with E-state index < -0.39 is 5.91 Å². The van der Waals surface area contributed by atoms with E-state index in [0.29, 0.717) is 21.3 Å². The van der Waals surface area contributed by atoms with Crippen molar-refractivity contribution >= 4 is 29.1 Å². The first-order valence-corrected chi connectivity index (χ1v) is 8.06. The average Bonchev–Trinajstić information content (AvgIpc) is 2.86. The fourth-order valence-corrected chi connectivity index (χ4v) is 3.10. The second kappa shape index (κ2) is 6.30. The van der Waals surface area contributed by atoms with Gasteiger partial charge in [0.15, 0.2) is 5.69 Å². The summed E-state index contributed by atoms with van der Waals surface area (Å²) in [5.74, 6) is -0.579. The van der Waals surface area contributed by atoms with Crippen LogP contribution in [0.4, 0.5) is 0 Å². The summed E-state index contributed by atoms with van der Waals surface area (Å²) < 4.78 is 1.64. The minimum Gasteiger partial charge on any atom is -0.364 e. The molecule has 6 heteroatoms. The Balaban J connectivity index is 2.30. The molecular weight excluding hydrogens is 345 g/mol. The van der Waals surface area contributed by atoms with E-state index in [9.17, 15) is 4.79 Å². The fourth-order valence-electron chi connectivity index (χ4n) is 2.61. The Hall–Kier alpha value is -2.30. The third kappa shape index (κ3) is 2.90. The highest BCUT2D eigenvalue weighted by Gasteiger charge is 2.21. The molecule has 2 N–H and O–H groups in total. The molecule has 0 aliphatic rings. The van der Waals surface area contributed by atoms with Crippen molar-refractivity contribution in [2.24, 2.45) is 5.73 Å². The predicted octanol–water partition coefficient (Wildman–Crippen LogP) is 4.56. The van der Waals surface area contributed by atoms with Gasteiger partial charge < -0.3 is 5.73 Å². The summed E-state index contributed by atoms with van der Waals surface area (Å²) in [5, 5.41) is 5.35. The highest BCUT2D eigenvalue weighted by atomic mass is 35.5. The number of hydrogen-bond donors (Lipinski definition) is 1. The minimum atomic E-state index is -0.579. The van der Waals surface area contributed by atoms with E-state index in [1.54, 1.807) is 22.9 Å². The van der Waals surface area contributed by atoms with E-state index in [0.717, 1.165) is 16.8 Å². The summed E-state index contributed by atoms with van der Waals surface area (Å²) in [4.78, 5) is 11.7. The molecule has 0 aliphatic carbocycles. The van der Waals surface area contributed by atoms with Crippen molar-refractivity contribution in [3.05, 3.63) is 69.3 Å². The molecule has 0 unspecified atom stereocenters. The largest absolute Gasteiger partial charge is 0.364 e. The third-order valence-electron chi connectivity index (χ3n) is 3.82. The van der Waals surface area contributed by atoms with Crippen molar-refractivity contribution in [1.29, 1.82) is 0 Å². The zero-order chi connectivity index (χ0) is 17.4. The second-order valence-electron chi connectivity index (χ2n) is 5.56. The first kappa shape index (κ1) is 16.6. The molecule has 2 aromatic carbocycles. The molecule has 0 aliphatic heterocycles. The van der Waals surface area contributed by atoms with Crippen LogP contribution >= 0.6 is 23.2 Å². The molecule has 0 bridgehead atoms. The smallest absolute Gasteiger partial charge is 0.269 e. The standard InChI is InChI=1S/C18H15Cl2N3O/c1-10-3-5-12(6-4-10)17-11(2)16(18(21)24)22-23(17)15-8-7-13(19)9-14(15)20/h3-9H,1-2H3,(H2,21,24). The lowest BCUT2D eigenvalue weighted by molar-refractivity contribution is 0.0994. The van der Waals surface area contributed by atoms with Crippen molar-refractivity contribution in [2.45, 2.75) is 13.8 Å². The third-order valence-corrected chi connectivity index (χ3v) is 4.36. The van der Waals surface area contributed by atoms with Crippen molar-refractivity contribution in [3.63, 3.8) is 0 Å². The maximum atomic E-state index is 11.7. The fraction of sp³-hybridized carbons (Fsp3) is 0.111. The van der Waals surface area contributed by atoms with Crippen LogP contribution in [0.3, 0.4) is 0 Å². The van der Waals surface area contributed by atoms with Crippen molar-refractivity contribution in [2.75, 3.05) is 0 Å². The SMILES string of the molecule is Cc1ccc(-c2c(C)c(C(N)=O)nn2-c2ccc(Cl)cc2Cl)cc1. The number of aromatic nitrogens is 2. The number of rotatable bonds is 3. The molecule has 0 radical (unpaired) electrons. The number of hydrogen-bond acceptors (Lipinski definition) is 2. The minimum absolute atomic E-state index is 0.219. The molecule has 3 rings (SSSR count). The molecule has 24 heavy (non-hydrogen) atoms. The first-order chi connectivity index (χ1) is 11.4. The Morgan fingerprint density at radius 3 is 2.33 bits per heavy atom. The lowest BCUT2D eigenvalue weighted by atomic mass is 10.0. The molecule has 3 aromatic rings. The summed E-state index contributed by atoms with van der Waals surface area (Å²) in [6.45, 7) is 3.83. The maximum absolute atomic E-state index is 11.7. The molecule has 4 nitrogen and oxygen atoms in total. The normalized spacial score (nSPS) is 10.8. The van der Waals surface area contributed by atoms with E-state index in [1.165, 1.54) is 0 Å². The van der Waals surface area contributed by atoms with E-state index >= 15 is 0 Å². The Kier molecular flexibility index (Phi) is 4.35. The first-order valence-electron chi connectivity index (χ1n) is 7.30. The summed E-state index contributed by atoms with van der Waals surface area (Å²) in [7, 11) is 0. The molecule has 122 valence electrons. The van der Waals surface area contributed by atoms with Gasteiger partial charge in [0.1, 0.15) is 0 Å². The molecule has 0 saturated carbocycles. The van der Waals surface area contributed by atoms with Crippen molar-refractivity contribution < 1.29 is 4.79 Å². The van der Waals surface area contributed by atoms with Gasteiger partial charge in [0.05, 0.1) is 16.4 Å². The van der Waals surface area contributed by atoms with Gasteiger partial charge in [-0.25, -0.2) is 4.68 Å². The second-order valence-corrected chi connectivity index (χ2v) is 6.40. The number of primary amides is 1. The van der Waals surface area contributed by atoms with Crippen LogP contribution in [-0.2, 0) is 0 Å². The van der Waals surface area contributed by atoms with Crippen molar-refractivity contribution in [3.8, 4) is 16.9 Å². The Labute approximate surface area is 149 Å². The van der Waals surface area contributed by atoms with E-state index in [4.69, 9.17) is 28.9 Å². The van der Waals surface area contributed by atoms with Gasteiger partial charge in [0.2, 0.25) is 0 Å². The van der Waals surface area contributed by atoms with Gasteiger partial charge in [-0.05, 0) is 32.0 Å². The van der Waals surface area contributed by atoms with Crippen LogP contribution in [0, 0.1) is 13.8 Å². The highest BCUT2D eigenvalue weighted by Crippen LogP contribution is 2.32. The number of benzene rings is 2. The molecule has 0 atom stereocenters. The van der Waals surface area contributed by atoms with Crippen LogP contribution in [-0.4, -0.2) is 15.7 Å². The molecule has 0 spiro atoms. The summed E-state index contributed by atoms with van der Waals surface area (Å²) >= 11 is 12.3. The Morgan fingerprint density at radius 1 is 1.08 bits per heavy atom. The lowest BCUT2D eigenvalue weighted by Gasteiger charge is -2.11. The van der Waals surface area contributed by atoms with Crippen LogP contribution in [0.15, 0.2) is 42.5 Å². The van der Waals surface area contributed by atoms with E-state index in [1.807, 2.05) is 38.1 Å². The van der Waals surface area contributed by atoms with Gasteiger partial charge in [-0.1, -0.05) is 53.0 Å². The molecule has 1 aromatic heterocycles. The van der Waals surface area contributed by atoms with Crippen LogP contribution in [0.25, 0.3) is 16.9 Å². The van der Waals surface area contributed by atoms with Gasteiger partial charge in [0.25, 0.3) is 5.91 Å². The monoisotopic (exact) mass is 359 g/mol. The number of amides is 1. The van der Waals surface area contributed by atoms with Gasteiger partial charge in [-0.3, -0.25) is 4.79 Å². The number of carbonyl (C=O) groups is 1. The van der Waals surface area contributed by atoms with Gasteiger partial charge in [-0.15, -0.1) is 0 Å².